The predicted octanol–water partition coefficient (Wildman–Crippen LogP) is 3.66. The van der Waals surface area contributed by atoms with E-state index in [0.29, 0.717) is 17.9 Å². The first-order chi connectivity index (χ1) is 15.1. The lowest BCUT2D eigenvalue weighted by Gasteiger charge is -2.34. The highest BCUT2D eigenvalue weighted by Gasteiger charge is 2.28. The van der Waals surface area contributed by atoms with E-state index in [4.69, 9.17) is 0 Å². The number of amides is 1. The van der Waals surface area contributed by atoms with Crippen molar-refractivity contribution in [3.8, 4) is 0 Å². The molecule has 1 aromatic carbocycles. The molecule has 1 aliphatic rings. The van der Waals surface area contributed by atoms with E-state index in [-0.39, 0.29) is 11.9 Å². The number of hydrogen-bond acceptors (Lipinski definition) is 6. The molecule has 0 unspecified atom stereocenters. The van der Waals surface area contributed by atoms with Crippen LogP contribution in [0.15, 0.2) is 36.8 Å². The van der Waals surface area contributed by atoms with Gasteiger partial charge in [-0.1, -0.05) is 30.9 Å². The number of tetrazole rings is 1. The molecule has 1 amide bonds. The first-order valence-corrected chi connectivity index (χ1v) is 10.8. The second-order valence-electron chi connectivity index (χ2n) is 8.42. The van der Waals surface area contributed by atoms with Crippen LogP contribution in [-0.2, 0) is 6.54 Å². The lowest BCUT2D eigenvalue weighted by atomic mass is 9.93. The zero-order valence-electron chi connectivity index (χ0n) is 17.8. The van der Waals surface area contributed by atoms with Crippen molar-refractivity contribution in [3.05, 3.63) is 59.2 Å². The maximum absolute atomic E-state index is 13.5. The molecule has 5 rings (SSSR count). The molecule has 1 aliphatic carbocycles. The molecule has 0 saturated heterocycles. The molecular formula is C23H25N7O. The maximum Gasteiger partial charge on any atom is 0.274 e. The van der Waals surface area contributed by atoms with Gasteiger partial charge in [0.2, 0.25) is 0 Å². The average Bonchev–Trinajstić information content (AvgIpc) is 3.27. The molecule has 0 radical (unpaired) electrons. The molecule has 3 heterocycles. The van der Waals surface area contributed by atoms with Crippen molar-refractivity contribution in [1.29, 1.82) is 0 Å². The summed E-state index contributed by atoms with van der Waals surface area (Å²) in [5.74, 6) is -0.0915. The number of carbonyl (C=O) groups excluding carboxylic acids is 1. The summed E-state index contributed by atoms with van der Waals surface area (Å²) in [4.78, 5) is 23.8. The van der Waals surface area contributed by atoms with Crippen LogP contribution in [-0.4, -0.2) is 46.9 Å². The molecule has 0 spiro atoms. The van der Waals surface area contributed by atoms with Gasteiger partial charge in [-0.15, -0.1) is 5.10 Å². The fourth-order valence-corrected chi connectivity index (χ4v) is 4.80. The number of rotatable bonds is 4. The lowest BCUT2D eigenvalue weighted by Crippen LogP contribution is -2.41. The highest BCUT2D eigenvalue weighted by molar-refractivity contribution is 5.92. The molecule has 31 heavy (non-hydrogen) atoms. The molecule has 8 heteroatoms. The number of hydrogen-bond donors (Lipinski definition) is 0. The van der Waals surface area contributed by atoms with Crippen molar-refractivity contribution < 1.29 is 4.79 Å². The van der Waals surface area contributed by atoms with Gasteiger partial charge in [-0.25, -0.2) is 4.98 Å². The van der Waals surface area contributed by atoms with Gasteiger partial charge in [0.1, 0.15) is 5.69 Å². The van der Waals surface area contributed by atoms with Crippen LogP contribution in [0.4, 0.5) is 0 Å². The summed E-state index contributed by atoms with van der Waals surface area (Å²) in [5, 5.41) is 13.6. The SMILES string of the molecule is Cc1cc(C)c2c(c1)cc(CN(C(=O)c1cnccn1)C1CCCCC1)c1nnnn12. The minimum atomic E-state index is -0.0915. The predicted molar refractivity (Wildman–Crippen MR) is 117 cm³/mol. The second-order valence-corrected chi connectivity index (χ2v) is 8.42. The normalized spacial score (nSPS) is 14.9. The molecule has 0 bridgehead atoms. The van der Waals surface area contributed by atoms with E-state index >= 15 is 0 Å². The smallest absolute Gasteiger partial charge is 0.274 e. The van der Waals surface area contributed by atoms with Crippen molar-refractivity contribution in [2.75, 3.05) is 0 Å². The van der Waals surface area contributed by atoms with E-state index in [1.807, 2.05) is 4.90 Å². The Morgan fingerprint density at radius 2 is 1.97 bits per heavy atom. The minimum Gasteiger partial charge on any atom is -0.330 e. The Labute approximate surface area is 180 Å². The van der Waals surface area contributed by atoms with Crippen molar-refractivity contribution in [2.24, 2.45) is 0 Å². The largest absolute Gasteiger partial charge is 0.330 e. The van der Waals surface area contributed by atoms with Crippen LogP contribution < -0.4 is 0 Å². The lowest BCUT2D eigenvalue weighted by molar-refractivity contribution is 0.0608. The molecule has 3 aromatic heterocycles. The Bertz CT molecular complexity index is 1250. The molecule has 4 aromatic rings. The summed E-state index contributed by atoms with van der Waals surface area (Å²) in [6.45, 7) is 4.59. The van der Waals surface area contributed by atoms with Gasteiger partial charge in [-0.05, 0) is 54.8 Å². The first kappa shape index (κ1) is 19.5. The van der Waals surface area contributed by atoms with Gasteiger partial charge < -0.3 is 4.90 Å². The quantitative estimate of drug-likeness (QED) is 0.505. The summed E-state index contributed by atoms with van der Waals surface area (Å²) >= 11 is 0. The monoisotopic (exact) mass is 415 g/mol. The summed E-state index contributed by atoms with van der Waals surface area (Å²) in [6, 6.07) is 6.58. The van der Waals surface area contributed by atoms with Crippen LogP contribution in [0, 0.1) is 13.8 Å². The Morgan fingerprint density at radius 3 is 2.74 bits per heavy atom. The number of pyridine rings is 1. The number of aromatic nitrogens is 6. The standard InChI is InChI=1S/C23H25N7O/c1-15-10-16(2)21-17(11-15)12-18(22-26-27-28-30(21)22)14-29(19-6-4-3-5-7-19)23(31)20-13-24-8-9-25-20/h8-13,19H,3-7,14H2,1-2H3. The molecule has 1 saturated carbocycles. The third-order valence-corrected chi connectivity index (χ3v) is 6.17. The van der Waals surface area contributed by atoms with Crippen molar-refractivity contribution in [1.82, 2.24) is 34.9 Å². The summed E-state index contributed by atoms with van der Waals surface area (Å²) in [7, 11) is 0. The topological polar surface area (TPSA) is 89.2 Å². The first-order valence-electron chi connectivity index (χ1n) is 10.8. The Morgan fingerprint density at radius 1 is 1.13 bits per heavy atom. The number of fused-ring (bicyclic) bond motifs is 3. The molecule has 158 valence electrons. The Hall–Kier alpha value is -3.42. The van der Waals surface area contributed by atoms with Crippen molar-refractivity contribution >= 4 is 22.5 Å². The summed E-state index contributed by atoms with van der Waals surface area (Å²) in [6.07, 6.45) is 10.2. The van der Waals surface area contributed by atoms with Gasteiger partial charge >= 0.3 is 0 Å². The van der Waals surface area contributed by atoms with Gasteiger partial charge in [0.25, 0.3) is 5.91 Å². The van der Waals surface area contributed by atoms with Gasteiger partial charge in [0.05, 0.1) is 18.3 Å². The highest BCUT2D eigenvalue weighted by Crippen LogP contribution is 2.28. The molecule has 0 aliphatic heterocycles. The Balaban J connectivity index is 1.61. The Kier molecular flexibility index (Phi) is 5.05. The second kappa shape index (κ2) is 8.02. The number of benzene rings is 1. The van der Waals surface area contributed by atoms with E-state index in [2.05, 4.69) is 57.5 Å². The highest BCUT2D eigenvalue weighted by atomic mass is 16.2. The third kappa shape index (κ3) is 3.62. The van der Waals surface area contributed by atoms with Crippen molar-refractivity contribution in [2.45, 2.75) is 58.5 Å². The van der Waals surface area contributed by atoms with Gasteiger partial charge in [0.15, 0.2) is 5.65 Å². The van der Waals surface area contributed by atoms with Crippen LogP contribution in [0.5, 0.6) is 0 Å². The molecule has 0 N–H and O–H groups in total. The molecular weight excluding hydrogens is 390 g/mol. The van der Waals surface area contributed by atoms with Crippen LogP contribution in [0.2, 0.25) is 0 Å². The van der Waals surface area contributed by atoms with Gasteiger partial charge in [-0.2, -0.15) is 4.52 Å². The maximum atomic E-state index is 13.5. The van der Waals surface area contributed by atoms with Crippen LogP contribution in [0.25, 0.3) is 16.6 Å². The van der Waals surface area contributed by atoms with Crippen LogP contribution in [0.3, 0.4) is 0 Å². The fraction of sp³-hybridized carbons (Fsp3) is 0.391. The molecule has 0 atom stereocenters. The zero-order chi connectivity index (χ0) is 21.4. The van der Waals surface area contributed by atoms with Gasteiger partial charge in [0, 0.05) is 29.4 Å². The van der Waals surface area contributed by atoms with Crippen LogP contribution >= 0.6 is 0 Å². The number of aryl methyl sites for hydroxylation is 2. The summed E-state index contributed by atoms with van der Waals surface area (Å²) < 4.78 is 1.80. The van der Waals surface area contributed by atoms with E-state index in [0.717, 1.165) is 47.7 Å². The number of nitrogens with zero attached hydrogens (tertiary/aromatic N) is 7. The van der Waals surface area contributed by atoms with Gasteiger partial charge in [-0.3, -0.25) is 9.78 Å². The molecule has 1 fully saturated rings. The van der Waals surface area contributed by atoms with E-state index < -0.39 is 0 Å². The minimum absolute atomic E-state index is 0.0915. The van der Waals surface area contributed by atoms with Crippen LogP contribution in [0.1, 0.15) is 59.3 Å². The fourth-order valence-electron chi connectivity index (χ4n) is 4.80. The number of carbonyl (C=O) groups is 1. The zero-order valence-corrected chi connectivity index (χ0v) is 17.8. The summed E-state index contributed by atoms with van der Waals surface area (Å²) in [5.41, 5.74) is 5.30. The van der Waals surface area contributed by atoms with Crippen molar-refractivity contribution in [3.63, 3.8) is 0 Å². The average molecular weight is 416 g/mol. The van der Waals surface area contributed by atoms with E-state index in [1.165, 1.54) is 12.0 Å². The third-order valence-electron chi connectivity index (χ3n) is 6.17. The molecule has 8 nitrogen and oxygen atoms in total. The van der Waals surface area contributed by atoms with E-state index in [1.54, 1.807) is 23.1 Å². The van der Waals surface area contributed by atoms with E-state index in [9.17, 15) is 4.79 Å².